The molecule has 1 aliphatic heterocycles. The number of hydrogen-bond acceptors (Lipinski definition) is 2. The highest BCUT2D eigenvalue weighted by atomic mass is 16.5. The Morgan fingerprint density at radius 3 is 2.24 bits per heavy atom. The summed E-state index contributed by atoms with van der Waals surface area (Å²) < 4.78 is 5.08. The fourth-order valence-corrected chi connectivity index (χ4v) is 1.95. The van der Waals surface area contributed by atoms with Crippen molar-refractivity contribution in [3.05, 3.63) is 24.3 Å². The van der Waals surface area contributed by atoms with Gasteiger partial charge in [-0.1, -0.05) is 56.8 Å². The molecule has 0 spiro atoms. The number of esters is 1. The summed E-state index contributed by atoms with van der Waals surface area (Å²) in [4.78, 5) is 11.2. The maximum Gasteiger partial charge on any atom is 0.330 e. The molecule has 1 rings (SSSR count). The van der Waals surface area contributed by atoms with E-state index in [-0.39, 0.29) is 5.97 Å². The molecule has 0 saturated heterocycles. The fraction of sp³-hybridized carbons (Fsp3) is 0.667. The molecule has 2 heteroatoms. The zero-order valence-corrected chi connectivity index (χ0v) is 10.7. The number of carbonyl (C=O) groups is 1. The molecule has 1 heterocycles. The van der Waals surface area contributed by atoms with Crippen molar-refractivity contribution in [2.45, 2.75) is 57.8 Å². The average molecular weight is 236 g/mol. The second-order valence-corrected chi connectivity index (χ2v) is 4.57. The fourth-order valence-electron chi connectivity index (χ4n) is 1.95. The van der Waals surface area contributed by atoms with Crippen LogP contribution in [0.5, 0.6) is 0 Å². The minimum Gasteiger partial charge on any atom is -0.463 e. The highest BCUT2D eigenvalue weighted by molar-refractivity contribution is 5.82. The normalized spacial score (nSPS) is 24.8. The molecule has 0 aliphatic carbocycles. The van der Waals surface area contributed by atoms with E-state index in [4.69, 9.17) is 4.74 Å². The standard InChI is InChI=1S/C15H24O2/c16-15-13-11-9-7-5-3-1-2-4-6-8-10-12-14-17-15/h7,9,11,13H,1-6,8,10,12,14H2/b9-7-,13-11+. The third-order valence-electron chi connectivity index (χ3n) is 2.99. The first-order chi connectivity index (χ1) is 8.39. The summed E-state index contributed by atoms with van der Waals surface area (Å²) in [6.07, 6.45) is 18.5. The van der Waals surface area contributed by atoms with Crippen LogP contribution in [0.25, 0.3) is 0 Å². The Morgan fingerprint density at radius 2 is 1.47 bits per heavy atom. The number of allylic oxidation sites excluding steroid dienone is 3. The number of rotatable bonds is 0. The van der Waals surface area contributed by atoms with Gasteiger partial charge in [0.25, 0.3) is 0 Å². The van der Waals surface area contributed by atoms with E-state index >= 15 is 0 Å². The van der Waals surface area contributed by atoms with E-state index in [1.54, 1.807) is 6.08 Å². The summed E-state index contributed by atoms with van der Waals surface area (Å²) in [7, 11) is 0. The summed E-state index contributed by atoms with van der Waals surface area (Å²) in [6.45, 7) is 0.562. The number of cyclic esters (lactones) is 1. The molecule has 0 bridgehead atoms. The molecule has 0 aromatic heterocycles. The molecule has 1 aliphatic rings. The second-order valence-electron chi connectivity index (χ2n) is 4.57. The lowest BCUT2D eigenvalue weighted by atomic mass is 10.1. The van der Waals surface area contributed by atoms with Gasteiger partial charge in [0.05, 0.1) is 6.61 Å². The lowest BCUT2D eigenvalue weighted by Gasteiger charge is -2.03. The van der Waals surface area contributed by atoms with E-state index in [1.165, 1.54) is 51.0 Å². The number of carbonyl (C=O) groups excluding carboxylic acids is 1. The van der Waals surface area contributed by atoms with Crippen molar-refractivity contribution in [3.63, 3.8) is 0 Å². The van der Waals surface area contributed by atoms with Crippen molar-refractivity contribution in [2.24, 2.45) is 0 Å². The van der Waals surface area contributed by atoms with Gasteiger partial charge in [0.15, 0.2) is 0 Å². The van der Waals surface area contributed by atoms with Crippen LogP contribution in [0.2, 0.25) is 0 Å². The summed E-state index contributed by atoms with van der Waals surface area (Å²) in [5.74, 6) is -0.221. The first-order valence-electron chi connectivity index (χ1n) is 6.89. The van der Waals surface area contributed by atoms with E-state index in [2.05, 4.69) is 6.08 Å². The van der Waals surface area contributed by atoms with Gasteiger partial charge in [-0.3, -0.25) is 0 Å². The van der Waals surface area contributed by atoms with Gasteiger partial charge < -0.3 is 4.74 Å². The molecule has 0 fully saturated rings. The predicted octanol–water partition coefficient (Wildman–Crippen LogP) is 4.17. The maximum absolute atomic E-state index is 11.2. The van der Waals surface area contributed by atoms with E-state index < -0.39 is 0 Å². The molecule has 0 atom stereocenters. The Balaban J connectivity index is 2.28. The Labute approximate surface area is 105 Å². The molecule has 0 saturated carbocycles. The molecule has 0 unspecified atom stereocenters. The van der Waals surface area contributed by atoms with Crippen molar-refractivity contribution < 1.29 is 9.53 Å². The lowest BCUT2D eigenvalue weighted by Crippen LogP contribution is -2.02. The van der Waals surface area contributed by atoms with Crippen molar-refractivity contribution in [3.8, 4) is 0 Å². The molecular weight excluding hydrogens is 212 g/mol. The third-order valence-corrected chi connectivity index (χ3v) is 2.99. The number of hydrogen-bond donors (Lipinski definition) is 0. The average Bonchev–Trinajstić information content (AvgIpc) is 2.32. The van der Waals surface area contributed by atoms with Crippen molar-refractivity contribution >= 4 is 5.97 Å². The lowest BCUT2D eigenvalue weighted by molar-refractivity contribution is -0.137. The SMILES string of the molecule is O=C1/C=C/C=C\CCCCCCCCCCO1. The smallest absolute Gasteiger partial charge is 0.330 e. The van der Waals surface area contributed by atoms with E-state index in [1.807, 2.05) is 6.08 Å². The third kappa shape index (κ3) is 8.73. The number of ether oxygens (including phenoxy) is 1. The molecule has 0 aromatic rings. The van der Waals surface area contributed by atoms with Crippen LogP contribution in [0.4, 0.5) is 0 Å². The van der Waals surface area contributed by atoms with E-state index in [0.29, 0.717) is 6.61 Å². The topological polar surface area (TPSA) is 26.3 Å². The van der Waals surface area contributed by atoms with Crippen LogP contribution in [0.15, 0.2) is 24.3 Å². The van der Waals surface area contributed by atoms with Gasteiger partial charge in [-0.05, 0) is 19.3 Å². The van der Waals surface area contributed by atoms with E-state index in [9.17, 15) is 4.79 Å². The minimum atomic E-state index is -0.221. The second kappa shape index (κ2) is 10.1. The van der Waals surface area contributed by atoms with Crippen LogP contribution in [0.3, 0.4) is 0 Å². The Hall–Kier alpha value is -1.05. The minimum absolute atomic E-state index is 0.221. The van der Waals surface area contributed by atoms with Crippen LogP contribution < -0.4 is 0 Å². The van der Waals surface area contributed by atoms with Crippen LogP contribution in [0, 0.1) is 0 Å². The molecule has 0 amide bonds. The molecule has 17 heavy (non-hydrogen) atoms. The summed E-state index contributed by atoms with van der Waals surface area (Å²) in [6, 6.07) is 0. The first kappa shape index (κ1) is 14.0. The molecule has 2 nitrogen and oxygen atoms in total. The Morgan fingerprint density at radius 1 is 0.824 bits per heavy atom. The Kier molecular flexibility index (Phi) is 8.35. The van der Waals surface area contributed by atoms with Crippen molar-refractivity contribution in [1.82, 2.24) is 0 Å². The first-order valence-corrected chi connectivity index (χ1v) is 6.89. The monoisotopic (exact) mass is 236 g/mol. The van der Waals surface area contributed by atoms with Crippen LogP contribution in [-0.2, 0) is 9.53 Å². The maximum atomic E-state index is 11.2. The van der Waals surface area contributed by atoms with Crippen molar-refractivity contribution in [1.29, 1.82) is 0 Å². The van der Waals surface area contributed by atoms with Gasteiger partial charge in [-0.25, -0.2) is 4.79 Å². The largest absolute Gasteiger partial charge is 0.463 e. The summed E-state index contributed by atoms with van der Waals surface area (Å²) >= 11 is 0. The highest BCUT2D eigenvalue weighted by Gasteiger charge is 1.97. The molecule has 0 aromatic carbocycles. The van der Waals surface area contributed by atoms with Crippen molar-refractivity contribution in [2.75, 3.05) is 6.61 Å². The van der Waals surface area contributed by atoms with Gasteiger partial charge in [0.2, 0.25) is 0 Å². The quantitative estimate of drug-likeness (QED) is 0.590. The van der Waals surface area contributed by atoms with Crippen LogP contribution in [-0.4, -0.2) is 12.6 Å². The van der Waals surface area contributed by atoms with Gasteiger partial charge in [-0.15, -0.1) is 0 Å². The summed E-state index contributed by atoms with van der Waals surface area (Å²) in [5, 5.41) is 0. The Bertz CT molecular complexity index is 254. The van der Waals surface area contributed by atoms with Gasteiger partial charge in [0, 0.05) is 6.08 Å². The van der Waals surface area contributed by atoms with Gasteiger partial charge >= 0.3 is 5.97 Å². The van der Waals surface area contributed by atoms with Gasteiger partial charge in [-0.2, -0.15) is 0 Å². The zero-order chi connectivity index (χ0) is 12.2. The van der Waals surface area contributed by atoms with Gasteiger partial charge in [0.1, 0.15) is 0 Å². The van der Waals surface area contributed by atoms with Crippen LogP contribution in [0.1, 0.15) is 57.8 Å². The zero-order valence-electron chi connectivity index (χ0n) is 10.7. The van der Waals surface area contributed by atoms with E-state index in [0.717, 1.165) is 12.8 Å². The highest BCUT2D eigenvalue weighted by Crippen LogP contribution is 2.10. The summed E-state index contributed by atoms with van der Waals surface area (Å²) in [5.41, 5.74) is 0. The van der Waals surface area contributed by atoms with Crippen LogP contribution >= 0.6 is 0 Å². The molecule has 96 valence electrons. The molecule has 0 N–H and O–H groups in total. The predicted molar refractivity (Wildman–Crippen MR) is 70.8 cm³/mol. The molecular formula is C15H24O2. The molecule has 0 radical (unpaired) electrons.